The Bertz CT molecular complexity index is 1230. The lowest BCUT2D eigenvalue weighted by molar-refractivity contribution is 0.137. The Morgan fingerprint density at radius 2 is 2.03 bits per heavy atom. The largest absolute Gasteiger partial charge is 0.380 e. The van der Waals surface area contributed by atoms with Crippen LogP contribution in [0.25, 0.3) is 11.2 Å². The fourth-order valence-electron chi connectivity index (χ4n) is 4.09. The number of ether oxygens (including phenoxy) is 1. The maximum Gasteiger partial charge on any atom is 0.332 e. The lowest BCUT2D eigenvalue weighted by Gasteiger charge is -2.34. The van der Waals surface area contributed by atoms with E-state index in [-0.39, 0.29) is 23.7 Å². The molecule has 0 bridgehead atoms. The van der Waals surface area contributed by atoms with Crippen LogP contribution in [0, 0.1) is 12.8 Å². The van der Waals surface area contributed by atoms with Gasteiger partial charge in [0.15, 0.2) is 11.2 Å². The molecule has 0 fully saturated rings. The summed E-state index contributed by atoms with van der Waals surface area (Å²) in [5.41, 5.74) is 2.03. The predicted molar refractivity (Wildman–Crippen MR) is 118 cm³/mol. The van der Waals surface area contributed by atoms with E-state index in [0.717, 1.165) is 17.8 Å². The molecule has 1 aliphatic rings. The highest BCUT2D eigenvalue weighted by Crippen LogP contribution is 2.36. The summed E-state index contributed by atoms with van der Waals surface area (Å²) >= 11 is 6.36. The van der Waals surface area contributed by atoms with Crippen LogP contribution in [-0.2, 0) is 24.9 Å². The van der Waals surface area contributed by atoms with Crippen molar-refractivity contribution in [1.29, 1.82) is 0 Å². The Kier molecular flexibility index (Phi) is 5.46. The predicted octanol–water partition coefficient (Wildman–Crippen LogP) is 2.68. The molecule has 1 aromatic carbocycles. The van der Waals surface area contributed by atoms with Crippen molar-refractivity contribution in [3.63, 3.8) is 0 Å². The number of fused-ring (bicyclic) bond motifs is 3. The molecule has 0 aliphatic carbocycles. The molecular weight excluding hydrogens is 406 g/mol. The summed E-state index contributed by atoms with van der Waals surface area (Å²) in [6.07, 6.45) is 0. The highest BCUT2D eigenvalue weighted by atomic mass is 35.5. The third-order valence-corrected chi connectivity index (χ3v) is 6.04. The van der Waals surface area contributed by atoms with Crippen molar-refractivity contribution in [2.45, 2.75) is 33.9 Å². The Morgan fingerprint density at radius 1 is 1.27 bits per heavy atom. The number of halogens is 1. The van der Waals surface area contributed by atoms with Crippen molar-refractivity contribution in [2.24, 2.45) is 13.0 Å². The fraction of sp³-hybridized carbons (Fsp3) is 0.476. The van der Waals surface area contributed by atoms with Crippen LogP contribution >= 0.6 is 11.6 Å². The van der Waals surface area contributed by atoms with Crippen LogP contribution in [0.1, 0.15) is 19.4 Å². The fourth-order valence-corrected chi connectivity index (χ4v) is 4.26. The van der Waals surface area contributed by atoms with Crippen molar-refractivity contribution in [1.82, 2.24) is 18.7 Å². The average Bonchev–Trinajstić information content (AvgIpc) is 3.10. The zero-order valence-electron chi connectivity index (χ0n) is 17.7. The summed E-state index contributed by atoms with van der Waals surface area (Å²) in [6, 6.07) is 5.77. The molecule has 8 nitrogen and oxygen atoms in total. The SMILES string of the molecule is CCOCCn1c(=O)c2c(nc3n2C[C@@H](C)CN3c2cccc(Cl)c2C)n(C)c1=O. The zero-order chi connectivity index (χ0) is 21.6. The van der Waals surface area contributed by atoms with Gasteiger partial charge in [0.25, 0.3) is 5.56 Å². The summed E-state index contributed by atoms with van der Waals surface area (Å²) in [6.45, 7) is 8.44. The summed E-state index contributed by atoms with van der Waals surface area (Å²) in [7, 11) is 1.65. The number of nitrogens with zero attached hydrogens (tertiary/aromatic N) is 5. The Hall–Kier alpha value is -2.58. The van der Waals surface area contributed by atoms with E-state index in [0.29, 0.717) is 41.9 Å². The minimum Gasteiger partial charge on any atom is -0.380 e. The second-order valence-corrected chi connectivity index (χ2v) is 8.20. The normalized spacial score (nSPS) is 16.3. The monoisotopic (exact) mass is 431 g/mol. The standard InChI is InChI=1S/C21H26ClN5O3/c1-5-30-10-9-25-19(28)17-18(24(4)21(25)29)23-20-26(11-13(2)12-27(17)20)16-8-6-7-15(22)14(16)3/h6-8,13H,5,9-12H2,1-4H3/t13-/m0/s1. The highest BCUT2D eigenvalue weighted by molar-refractivity contribution is 6.31. The number of anilines is 2. The van der Waals surface area contributed by atoms with Gasteiger partial charge in [0.1, 0.15) is 0 Å². The molecular formula is C21H26ClN5O3. The maximum atomic E-state index is 13.3. The first-order valence-corrected chi connectivity index (χ1v) is 10.5. The minimum absolute atomic E-state index is 0.211. The second-order valence-electron chi connectivity index (χ2n) is 7.79. The third-order valence-electron chi connectivity index (χ3n) is 5.64. The molecule has 4 rings (SSSR count). The Morgan fingerprint density at radius 3 is 2.77 bits per heavy atom. The van der Waals surface area contributed by atoms with Crippen LogP contribution in [0.3, 0.4) is 0 Å². The molecule has 0 saturated carbocycles. The summed E-state index contributed by atoms with van der Waals surface area (Å²) in [5, 5.41) is 0.680. The van der Waals surface area contributed by atoms with Crippen LogP contribution in [0.2, 0.25) is 5.02 Å². The van der Waals surface area contributed by atoms with Crippen LogP contribution in [0.4, 0.5) is 11.6 Å². The number of aryl methyl sites for hydroxylation is 1. The number of hydrogen-bond donors (Lipinski definition) is 0. The summed E-state index contributed by atoms with van der Waals surface area (Å²) < 4.78 is 9.98. The molecule has 9 heteroatoms. The van der Waals surface area contributed by atoms with E-state index in [1.165, 1.54) is 9.13 Å². The topological polar surface area (TPSA) is 74.3 Å². The molecule has 0 saturated heterocycles. The molecule has 2 aromatic heterocycles. The molecule has 3 heterocycles. The highest BCUT2D eigenvalue weighted by Gasteiger charge is 2.30. The van der Waals surface area contributed by atoms with E-state index < -0.39 is 0 Å². The van der Waals surface area contributed by atoms with Crippen molar-refractivity contribution in [2.75, 3.05) is 24.7 Å². The van der Waals surface area contributed by atoms with Crippen molar-refractivity contribution < 1.29 is 4.74 Å². The molecule has 30 heavy (non-hydrogen) atoms. The molecule has 160 valence electrons. The van der Waals surface area contributed by atoms with E-state index in [1.54, 1.807) is 7.05 Å². The van der Waals surface area contributed by atoms with Crippen molar-refractivity contribution in [3.05, 3.63) is 49.6 Å². The molecule has 0 N–H and O–H groups in total. The van der Waals surface area contributed by atoms with Crippen LogP contribution in [0.15, 0.2) is 27.8 Å². The smallest absolute Gasteiger partial charge is 0.332 e. The van der Waals surface area contributed by atoms with Gasteiger partial charge in [0.2, 0.25) is 5.95 Å². The lowest BCUT2D eigenvalue weighted by atomic mass is 10.1. The molecule has 0 amide bonds. The molecule has 3 aromatic rings. The number of aromatic nitrogens is 4. The Labute approximate surface area is 179 Å². The van der Waals surface area contributed by atoms with Crippen LogP contribution in [0.5, 0.6) is 0 Å². The van der Waals surface area contributed by atoms with Gasteiger partial charge in [-0.25, -0.2) is 4.79 Å². The molecule has 1 aliphatic heterocycles. The zero-order valence-corrected chi connectivity index (χ0v) is 18.4. The molecule has 0 radical (unpaired) electrons. The molecule has 1 atom stereocenters. The van der Waals surface area contributed by atoms with Gasteiger partial charge < -0.3 is 14.2 Å². The van der Waals surface area contributed by atoms with E-state index in [4.69, 9.17) is 21.3 Å². The molecule has 0 unspecified atom stereocenters. The van der Waals surface area contributed by atoms with Gasteiger partial charge in [0.05, 0.1) is 13.2 Å². The minimum atomic E-state index is -0.388. The van der Waals surface area contributed by atoms with Gasteiger partial charge in [0, 0.05) is 37.5 Å². The second kappa shape index (κ2) is 7.92. The first-order valence-electron chi connectivity index (χ1n) is 10.2. The first-order chi connectivity index (χ1) is 14.3. The van der Waals surface area contributed by atoms with E-state index in [1.807, 2.05) is 36.6 Å². The summed E-state index contributed by atoms with van der Waals surface area (Å²) in [5.74, 6) is 0.935. The number of imidazole rings is 1. The summed E-state index contributed by atoms with van der Waals surface area (Å²) in [4.78, 5) is 32.9. The molecule has 0 spiro atoms. The Balaban J connectivity index is 1.95. The quantitative estimate of drug-likeness (QED) is 0.580. The van der Waals surface area contributed by atoms with E-state index >= 15 is 0 Å². The number of rotatable bonds is 5. The number of hydrogen-bond acceptors (Lipinski definition) is 5. The van der Waals surface area contributed by atoms with Gasteiger partial charge in [-0.3, -0.25) is 13.9 Å². The van der Waals surface area contributed by atoms with Gasteiger partial charge >= 0.3 is 5.69 Å². The van der Waals surface area contributed by atoms with Gasteiger partial charge in [-0.15, -0.1) is 0 Å². The third kappa shape index (κ3) is 3.24. The lowest BCUT2D eigenvalue weighted by Crippen LogP contribution is -2.41. The van der Waals surface area contributed by atoms with Gasteiger partial charge in [-0.2, -0.15) is 4.98 Å². The van der Waals surface area contributed by atoms with E-state index in [2.05, 4.69) is 11.8 Å². The first kappa shape index (κ1) is 20.7. The van der Waals surface area contributed by atoms with Crippen molar-refractivity contribution in [3.8, 4) is 0 Å². The van der Waals surface area contributed by atoms with Crippen LogP contribution in [-0.4, -0.2) is 38.4 Å². The van der Waals surface area contributed by atoms with Crippen molar-refractivity contribution >= 4 is 34.4 Å². The van der Waals surface area contributed by atoms with Gasteiger partial charge in [-0.1, -0.05) is 24.6 Å². The average molecular weight is 432 g/mol. The van der Waals surface area contributed by atoms with E-state index in [9.17, 15) is 9.59 Å². The maximum absolute atomic E-state index is 13.3. The number of benzene rings is 1. The van der Waals surface area contributed by atoms with Gasteiger partial charge in [-0.05, 0) is 37.5 Å². The van der Waals surface area contributed by atoms with Crippen LogP contribution < -0.4 is 16.1 Å².